The zero-order valence-electron chi connectivity index (χ0n) is 9.97. The van der Waals surface area contributed by atoms with E-state index in [9.17, 15) is 22.8 Å². The Kier molecular flexibility index (Phi) is 4.62. The second-order valence-electron chi connectivity index (χ2n) is 3.86. The summed E-state index contributed by atoms with van der Waals surface area (Å²) in [5, 5.41) is 8.63. The highest BCUT2D eigenvalue weighted by atomic mass is 32.2. The molecule has 0 radical (unpaired) electrons. The number of hydrogen-bond acceptors (Lipinski definition) is 5. The van der Waals surface area contributed by atoms with Gasteiger partial charge in [-0.25, -0.2) is 17.9 Å². The van der Waals surface area contributed by atoms with Crippen molar-refractivity contribution >= 4 is 16.0 Å². The Balaban J connectivity index is 2.80. The largest absolute Gasteiger partial charge is 0.481 e. The molecule has 0 bridgehead atoms. The number of aliphatic carboxylic acids is 1. The molecule has 0 aromatic carbocycles. The summed E-state index contributed by atoms with van der Waals surface area (Å²) >= 11 is 0. The van der Waals surface area contributed by atoms with Crippen LogP contribution in [0.2, 0.25) is 0 Å². The van der Waals surface area contributed by atoms with Crippen LogP contribution in [0.4, 0.5) is 0 Å². The molecule has 0 amide bonds. The normalized spacial score (nSPS) is 13.1. The number of aromatic amines is 2. The van der Waals surface area contributed by atoms with E-state index in [1.165, 1.54) is 6.92 Å². The fourth-order valence-electron chi connectivity index (χ4n) is 1.21. The van der Waals surface area contributed by atoms with E-state index in [1.54, 1.807) is 4.98 Å². The average Bonchev–Trinajstić information content (AvgIpc) is 2.27. The maximum Gasteiger partial charge on any atom is 0.325 e. The smallest absolute Gasteiger partial charge is 0.325 e. The highest BCUT2D eigenvalue weighted by Gasteiger charge is 2.19. The third kappa shape index (κ3) is 4.03. The van der Waals surface area contributed by atoms with Crippen LogP contribution in [0.1, 0.15) is 13.3 Å². The molecular weight excluding hydrogens is 278 g/mol. The van der Waals surface area contributed by atoms with Crippen LogP contribution in [0, 0.1) is 5.92 Å². The van der Waals surface area contributed by atoms with Crippen LogP contribution < -0.4 is 16.0 Å². The highest BCUT2D eigenvalue weighted by Crippen LogP contribution is 2.02. The highest BCUT2D eigenvalue weighted by molar-refractivity contribution is 7.89. The Morgan fingerprint density at radius 3 is 2.63 bits per heavy atom. The molecule has 10 heteroatoms. The van der Waals surface area contributed by atoms with Crippen molar-refractivity contribution in [2.45, 2.75) is 18.2 Å². The van der Waals surface area contributed by atoms with Crippen molar-refractivity contribution in [1.29, 1.82) is 0 Å². The molecule has 1 rings (SSSR count). The quantitative estimate of drug-likeness (QED) is 0.498. The zero-order chi connectivity index (χ0) is 14.6. The van der Waals surface area contributed by atoms with E-state index in [1.807, 2.05) is 4.98 Å². The predicted molar refractivity (Wildman–Crippen MR) is 64.3 cm³/mol. The van der Waals surface area contributed by atoms with Crippen LogP contribution >= 0.6 is 0 Å². The summed E-state index contributed by atoms with van der Waals surface area (Å²) in [4.78, 5) is 35.8. The SMILES string of the molecule is CC(CCNS(=O)(=O)c1c[nH]c(=O)[nH]c1=O)C(=O)O. The first-order chi connectivity index (χ1) is 8.74. The molecule has 0 aliphatic carbocycles. The Morgan fingerprint density at radius 2 is 2.11 bits per heavy atom. The van der Waals surface area contributed by atoms with Crippen LogP contribution in [-0.2, 0) is 14.8 Å². The van der Waals surface area contributed by atoms with Gasteiger partial charge in [0.05, 0.1) is 5.92 Å². The molecule has 0 fully saturated rings. The second kappa shape index (κ2) is 5.80. The van der Waals surface area contributed by atoms with Gasteiger partial charge in [-0.2, -0.15) is 0 Å². The van der Waals surface area contributed by atoms with Crippen molar-refractivity contribution in [2.75, 3.05) is 6.54 Å². The van der Waals surface area contributed by atoms with Gasteiger partial charge in [0.2, 0.25) is 10.0 Å². The first-order valence-electron chi connectivity index (χ1n) is 5.28. The van der Waals surface area contributed by atoms with Crippen LogP contribution in [0.15, 0.2) is 20.7 Å². The average molecular weight is 291 g/mol. The lowest BCUT2D eigenvalue weighted by molar-refractivity contribution is -0.141. The van der Waals surface area contributed by atoms with Crippen LogP contribution in [-0.4, -0.2) is 36.0 Å². The lowest BCUT2D eigenvalue weighted by Crippen LogP contribution is -2.34. The number of rotatable bonds is 6. The van der Waals surface area contributed by atoms with E-state index >= 15 is 0 Å². The van der Waals surface area contributed by atoms with Crippen molar-refractivity contribution < 1.29 is 18.3 Å². The lowest BCUT2D eigenvalue weighted by atomic mass is 10.1. The molecule has 4 N–H and O–H groups in total. The third-order valence-electron chi connectivity index (χ3n) is 2.37. The van der Waals surface area contributed by atoms with Gasteiger partial charge >= 0.3 is 11.7 Å². The molecule has 0 aliphatic heterocycles. The van der Waals surface area contributed by atoms with Gasteiger partial charge in [0.25, 0.3) is 5.56 Å². The molecular formula is C9H13N3O6S. The molecule has 0 saturated carbocycles. The van der Waals surface area contributed by atoms with Crippen LogP contribution in [0.5, 0.6) is 0 Å². The predicted octanol–water partition coefficient (Wildman–Crippen LogP) is -1.55. The number of hydrogen-bond donors (Lipinski definition) is 4. The molecule has 1 aromatic heterocycles. The molecule has 1 unspecified atom stereocenters. The second-order valence-corrected chi connectivity index (χ2v) is 5.60. The summed E-state index contributed by atoms with van der Waals surface area (Å²) in [6.45, 7) is 1.30. The molecule has 0 spiro atoms. The zero-order valence-corrected chi connectivity index (χ0v) is 10.8. The minimum Gasteiger partial charge on any atom is -0.481 e. The van der Waals surface area contributed by atoms with E-state index in [0.29, 0.717) is 0 Å². The number of sulfonamides is 1. The maximum absolute atomic E-state index is 11.7. The molecule has 19 heavy (non-hydrogen) atoms. The monoisotopic (exact) mass is 291 g/mol. The van der Waals surface area contributed by atoms with Crippen molar-refractivity contribution in [1.82, 2.24) is 14.7 Å². The van der Waals surface area contributed by atoms with Gasteiger partial charge in [0.1, 0.15) is 0 Å². The minimum absolute atomic E-state index is 0.0792. The first kappa shape index (κ1) is 15.1. The molecule has 106 valence electrons. The first-order valence-corrected chi connectivity index (χ1v) is 6.77. The van der Waals surface area contributed by atoms with E-state index in [-0.39, 0.29) is 13.0 Å². The Bertz CT molecular complexity index is 674. The van der Waals surface area contributed by atoms with Crippen molar-refractivity contribution in [3.63, 3.8) is 0 Å². The summed E-state index contributed by atoms with van der Waals surface area (Å²) in [5.74, 6) is -1.75. The van der Waals surface area contributed by atoms with Gasteiger partial charge in [-0.3, -0.25) is 14.6 Å². The summed E-state index contributed by atoms with van der Waals surface area (Å²) < 4.78 is 25.5. The number of carboxylic acids is 1. The molecule has 0 aliphatic rings. The summed E-state index contributed by atoms with van der Waals surface area (Å²) in [5.41, 5.74) is -1.86. The van der Waals surface area contributed by atoms with Gasteiger partial charge in [-0.05, 0) is 6.42 Å². The summed E-state index contributed by atoms with van der Waals surface area (Å²) in [6, 6.07) is 0. The number of aromatic nitrogens is 2. The van der Waals surface area contributed by atoms with Crippen LogP contribution in [0.3, 0.4) is 0 Å². The Hall–Kier alpha value is -1.94. The molecule has 1 atom stereocenters. The van der Waals surface area contributed by atoms with Gasteiger partial charge < -0.3 is 10.1 Å². The fraction of sp³-hybridized carbons (Fsp3) is 0.444. The third-order valence-corrected chi connectivity index (χ3v) is 3.83. The standard InChI is InChI=1S/C9H13N3O6S/c1-5(8(14)15)2-3-11-19(17,18)6-4-10-9(16)12-7(6)13/h4-5,11H,2-3H2,1H3,(H,14,15)(H2,10,12,13,16). The molecule has 1 aromatic rings. The van der Waals surface area contributed by atoms with E-state index < -0.39 is 38.1 Å². The summed E-state index contributed by atoms with van der Waals surface area (Å²) in [6.07, 6.45) is 0.861. The number of H-pyrrole nitrogens is 2. The van der Waals surface area contributed by atoms with Gasteiger partial charge in [-0.1, -0.05) is 6.92 Å². The van der Waals surface area contributed by atoms with Gasteiger partial charge in [0, 0.05) is 12.7 Å². The molecule has 9 nitrogen and oxygen atoms in total. The summed E-state index contributed by atoms with van der Waals surface area (Å²) in [7, 11) is -4.09. The lowest BCUT2D eigenvalue weighted by Gasteiger charge is -2.07. The molecule has 0 saturated heterocycles. The Labute approximate surface area is 107 Å². The van der Waals surface area contributed by atoms with E-state index in [4.69, 9.17) is 5.11 Å². The number of nitrogens with one attached hydrogen (secondary N) is 3. The topological polar surface area (TPSA) is 149 Å². The van der Waals surface area contributed by atoms with Gasteiger partial charge in [0.15, 0.2) is 4.90 Å². The van der Waals surface area contributed by atoms with Crippen molar-refractivity contribution in [3.8, 4) is 0 Å². The number of carboxylic acid groups (broad SMARTS) is 1. The number of carbonyl (C=O) groups is 1. The van der Waals surface area contributed by atoms with E-state index in [2.05, 4.69) is 4.72 Å². The molecule has 1 heterocycles. The fourth-order valence-corrected chi connectivity index (χ4v) is 2.26. The van der Waals surface area contributed by atoms with E-state index in [0.717, 1.165) is 6.20 Å². The maximum atomic E-state index is 11.7. The van der Waals surface area contributed by atoms with Crippen LogP contribution in [0.25, 0.3) is 0 Å². The minimum atomic E-state index is -4.09. The van der Waals surface area contributed by atoms with Crippen molar-refractivity contribution in [3.05, 3.63) is 27.0 Å². The van der Waals surface area contributed by atoms with Gasteiger partial charge in [-0.15, -0.1) is 0 Å². The van der Waals surface area contributed by atoms with Crippen molar-refractivity contribution in [2.24, 2.45) is 5.92 Å². The Morgan fingerprint density at radius 1 is 1.47 bits per heavy atom.